The highest BCUT2D eigenvalue weighted by Gasteiger charge is 2.55. The molecule has 6 heterocycles. The zero-order valence-electron chi connectivity index (χ0n) is 31.4. The summed E-state index contributed by atoms with van der Waals surface area (Å²) in [5.41, 5.74) is 6.41. The molecule has 0 radical (unpaired) electrons. The number of aromatic amines is 1. The second-order valence-electron chi connectivity index (χ2n) is 13.7. The van der Waals surface area contributed by atoms with Crippen molar-refractivity contribution in [1.29, 1.82) is 0 Å². The molecular formula is C35H36FN7O14P2S. The largest absolute Gasteiger partial charge is 0.472 e. The van der Waals surface area contributed by atoms with Crippen molar-refractivity contribution in [2.45, 2.75) is 61.8 Å². The van der Waals surface area contributed by atoms with Gasteiger partial charge >= 0.3 is 26.3 Å². The van der Waals surface area contributed by atoms with Gasteiger partial charge in [0, 0.05) is 25.1 Å². The van der Waals surface area contributed by atoms with Gasteiger partial charge in [-0.05, 0) is 48.1 Å². The van der Waals surface area contributed by atoms with Crippen LogP contribution in [0.1, 0.15) is 33.9 Å². The summed E-state index contributed by atoms with van der Waals surface area (Å²) in [5.74, 6) is -0.367. The third kappa shape index (κ3) is 8.74. The number of aryl methyl sites for hydroxylation is 1. The second-order valence-corrected chi connectivity index (χ2v) is 19.1. The maximum absolute atomic E-state index is 16.5. The van der Waals surface area contributed by atoms with E-state index >= 15 is 4.39 Å². The van der Waals surface area contributed by atoms with Gasteiger partial charge in [0.15, 0.2) is 30.1 Å². The number of phosphoric ester groups is 1. The number of alkyl halides is 1. The highest BCUT2D eigenvalue weighted by atomic mass is 32.7. The standard InChI is InChI=1S/C35H36FN7O14P2S/c1-18-3-7-20(8-4-18)34(45)53-21-9-5-19(6-10-21)15-60-59(49)52-13-22-25(36)28(32(54-22)43-17-40-26-30(37)38-16-39-31(26)43)56-58(47,48)51-14-23-27(50-2)29(57-59)33(55-23)42-12-11-24(44)41-35(42)46/h3-12,16-17,22-23,25,27-29,32-33H,13-15H2,1-2H3,(H,47,48)(H2,37,38,39)(H,41,44,46)/t22-,23-,25-,27-,28-,29-,32-,33-,59-/m1/s1. The summed E-state index contributed by atoms with van der Waals surface area (Å²) >= 11 is 0.690. The number of halogens is 1. The fourth-order valence-corrected chi connectivity index (χ4v) is 11.0. The number of carbonyl (C=O) groups excluding carboxylic acids is 1. The van der Waals surface area contributed by atoms with Gasteiger partial charge in [-0.15, -0.1) is 0 Å². The average molecular weight is 892 g/mol. The van der Waals surface area contributed by atoms with Gasteiger partial charge in [-0.3, -0.25) is 37.0 Å². The molecule has 4 N–H and O–H groups in total. The number of methoxy groups -OCH3 is 1. The molecule has 2 aromatic carbocycles. The first-order valence-corrected chi connectivity index (χ1v) is 22.7. The molecule has 21 nitrogen and oxygen atoms in total. The average Bonchev–Trinajstić information content (AvgIpc) is 3.89. The van der Waals surface area contributed by atoms with Gasteiger partial charge in [-0.2, -0.15) is 0 Å². The van der Waals surface area contributed by atoms with Crippen LogP contribution in [0.25, 0.3) is 11.2 Å². The van der Waals surface area contributed by atoms with Gasteiger partial charge in [-0.1, -0.05) is 29.8 Å². The molecule has 1 unspecified atom stereocenters. The third-order valence-corrected chi connectivity index (χ3v) is 14.4. The number of anilines is 1. The van der Waals surface area contributed by atoms with Crippen molar-refractivity contribution in [1.82, 2.24) is 29.1 Å². The topological polar surface area (TPSA) is 270 Å². The van der Waals surface area contributed by atoms with Crippen LogP contribution < -0.4 is 21.7 Å². The first-order valence-electron chi connectivity index (χ1n) is 18.0. The van der Waals surface area contributed by atoms with Gasteiger partial charge < -0.3 is 29.6 Å². The Morgan fingerprint density at radius 2 is 1.68 bits per heavy atom. The molecule has 3 fully saturated rings. The van der Waals surface area contributed by atoms with E-state index in [1.54, 1.807) is 48.5 Å². The van der Waals surface area contributed by atoms with Crippen LogP contribution in [0.5, 0.6) is 5.75 Å². The van der Waals surface area contributed by atoms with Crippen LogP contribution in [0.15, 0.2) is 83.0 Å². The van der Waals surface area contributed by atoms with Gasteiger partial charge in [0.1, 0.15) is 48.1 Å². The number of H-pyrrole nitrogens is 1. The summed E-state index contributed by atoms with van der Waals surface area (Å²) < 4.78 is 93.3. The van der Waals surface area contributed by atoms with E-state index in [0.717, 1.165) is 28.7 Å². The zero-order valence-corrected chi connectivity index (χ0v) is 34.0. The Bertz CT molecular complexity index is 2600. The lowest BCUT2D eigenvalue weighted by molar-refractivity contribution is -0.0669. The van der Waals surface area contributed by atoms with Crippen LogP contribution >= 0.6 is 26.0 Å². The number of fused-ring (bicyclic) bond motifs is 5. The quantitative estimate of drug-likeness (QED) is 0.114. The zero-order chi connectivity index (χ0) is 42.3. The molecule has 0 aliphatic carbocycles. The number of aromatic nitrogens is 6. The molecule has 25 heteroatoms. The second kappa shape index (κ2) is 17.0. The minimum absolute atomic E-state index is 0.00125. The number of ether oxygens (including phenoxy) is 4. The van der Waals surface area contributed by atoms with Gasteiger partial charge in [0.05, 0.1) is 25.1 Å². The van der Waals surface area contributed by atoms with Crippen molar-refractivity contribution in [2.24, 2.45) is 0 Å². The fraction of sp³-hybridized carbons (Fsp3) is 0.371. The summed E-state index contributed by atoms with van der Waals surface area (Å²) in [6.07, 6.45) is -9.27. The van der Waals surface area contributed by atoms with Gasteiger partial charge in [0.25, 0.3) is 5.56 Å². The lowest BCUT2D eigenvalue weighted by atomic mass is 10.1. The lowest BCUT2D eigenvalue weighted by Crippen LogP contribution is -2.40. The normalized spacial score (nSPS) is 30.9. The van der Waals surface area contributed by atoms with E-state index in [4.69, 9.17) is 42.8 Å². The molecule has 3 aliphatic heterocycles. The summed E-state index contributed by atoms with van der Waals surface area (Å²) in [6, 6.07) is 14.2. The highest BCUT2D eigenvalue weighted by molar-refractivity contribution is 8.54. The molecule has 3 aliphatic rings. The Morgan fingerprint density at radius 1 is 0.967 bits per heavy atom. The number of nitrogens with zero attached hydrogens (tertiary/aromatic N) is 5. The number of hydrogen-bond acceptors (Lipinski definition) is 18. The predicted molar refractivity (Wildman–Crippen MR) is 208 cm³/mol. The summed E-state index contributed by atoms with van der Waals surface area (Å²) in [6.45, 7) is -4.16. The van der Waals surface area contributed by atoms with E-state index < -0.39 is 94.2 Å². The van der Waals surface area contributed by atoms with Crippen molar-refractivity contribution in [3.05, 3.63) is 111 Å². The molecule has 0 amide bonds. The van der Waals surface area contributed by atoms with Crippen LogP contribution in [0.4, 0.5) is 10.2 Å². The molecule has 10 atom stereocenters. The summed E-state index contributed by atoms with van der Waals surface area (Å²) in [7, 11) is -3.92. The molecule has 5 aromatic rings. The molecule has 0 spiro atoms. The predicted octanol–water partition coefficient (Wildman–Crippen LogP) is 3.59. The number of nitrogen functional groups attached to an aromatic ring is 1. The Morgan fingerprint density at radius 3 is 2.42 bits per heavy atom. The monoisotopic (exact) mass is 891 g/mol. The van der Waals surface area contributed by atoms with Crippen molar-refractivity contribution >= 4 is 49.0 Å². The Hall–Kier alpha value is -4.64. The van der Waals surface area contributed by atoms with Crippen molar-refractivity contribution < 1.29 is 60.3 Å². The first-order chi connectivity index (χ1) is 28.7. The molecule has 3 saturated heterocycles. The molecular weight excluding hydrogens is 855 g/mol. The Balaban J connectivity index is 1.10. The number of benzene rings is 2. The molecule has 60 heavy (non-hydrogen) atoms. The van der Waals surface area contributed by atoms with Gasteiger partial charge in [-0.25, -0.2) is 38.1 Å². The van der Waals surface area contributed by atoms with Crippen molar-refractivity contribution in [2.75, 3.05) is 26.1 Å². The number of esters is 1. The van der Waals surface area contributed by atoms with Crippen molar-refractivity contribution in [3.8, 4) is 5.75 Å². The maximum Gasteiger partial charge on any atom is 0.472 e. The summed E-state index contributed by atoms with van der Waals surface area (Å²) in [5, 5.41) is 0. The number of nitrogens with two attached hydrogens (primary N) is 1. The van der Waals surface area contributed by atoms with Crippen molar-refractivity contribution in [3.63, 3.8) is 0 Å². The molecule has 0 saturated carbocycles. The summed E-state index contributed by atoms with van der Waals surface area (Å²) in [4.78, 5) is 62.9. The number of rotatable bonds is 8. The Labute approximate surface area is 342 Å². The smallest absolute Gasteiger partial charge is 0.423 e. The van der Waals surface area contributed by atoms with Gasteiger partial charge in [0.2, 0.25) is 0 Å². The van der Waals surface area contributed by atoms with E-state index in [-0.39, 0.29) is 28.5 Å². The van der Waals surface area contributed by atoms with Crippen LogP contribution in [0.3, 0.4) is 0 Å². The maximum atomic E-state index is 16.5. The Kier molecular flexibility index (Phi) is 11.9. The van der Waals surface area contributed by atoms with E-state index in [9.17, 15) is 28.4 Å². The SMILES string of the molecule is CO[C@H]1[C@H]2O[P@](=O)(SCc3ccc(OC(=O)c4ccc(C)cc4)cc3)OC[C@H]3O[C@@H](n4cnc5c(N)ncnc54)[C@H](OP(=O)(O)OC[C@H]1O[C@H]2n1ccc(=O)[nH]c1=O)[C@@H]3F. The van der Waals surface area contributed by atoms with E-state index in [0.29, 0.717) is 22.5 Å². The fourth-order valence-electron chi connectivity index (χ4n) is 6.74. The molecule has 318 valence electrons. The minimum Gasteiger partial charge on any atom is -0.423 e. The third-order valence-electron chi connectivity index (χ3n) is 9.72. The number of hydrogen-bond donors (Lipinski definition) is 3. The minimum atomic E-state index is -5.16. The molecule has 4 bridgehead atoms. The van der Waals surface area contributed by atoms with E-state index in [1.165, 1.54) is 18.0 Å². The first kappa shape index (κ1) is 42.1. The molecule has 8 rings (SSSR count). The number of phosphoric acid groups is 1. The number of carbonyl (C=O) groups is 1. The van der Waals surface area contributed by atoms with Crippen LogP contribution in [0.2, 0.25) is 0 Å². The highest BCUT2D eigenvalue weighted by Crippen LogP contribution is 2.65. The van der Waals surface area contributed by atoms with E-state index in [1.807, 2.05) is 6.92 Å². The molecule has 3 aromatic heterocycles. The van der Waals surface area contributed by atoms with E-state index in [2.05, 4.69) is 19.9 Å². The van der Waals surface area contributed by atoms with Crippen LogP contribution in [-0.4, -0.2) is 96.9 Å². The van der Waals surface area contributed by atoms with Crippen LogP contribution in [-0.2, 0) is 47.2 Å². The number of nitrogens with one attached hydrogen (secondary N) is 1. The lowest BCUT2D eigenvalue weighted by Gasteiger charge is -2.29. The number of imidazole rings is 1. The van der Waals surface area contributed by atoms with Crippen LogP contribution in [0, 0.1) is 6.92 Å².